The van der Waals surface area contributed by atoms with Gasteiger partial charge in [0.05, 0.1) is 0 Å². The molecule has 0 saturated carbocycles. The predicted octanol–water partition coefficient (Wildman–Crippen LogP) is 3.33. The Morgan fingerprint density at radius 2 is 2.17 bits per heavy atom. The van der Waals surface area contributed by atoms with E-state index < -0.39 is 0 Å². The number of benzene rings is 1. The summed E-state index contributed by atoms with van der Waals surface area (Å²) >= 11 is 0. The molecule has 0 amide bonds. The number of aryl methyl sites for hydroxylation is 2. The van der Waals surface area contributed by atoms with Crippen LogP contribution >= 0.6 is 0 Å². The number of rotatable bonds is 3. The Bertz CT molecular complexity index is 749. The second kappa shape index (κ2) is 6.26. The van der Waals surface area contributed by atoms with Crippen LogP contribution < -0.4 is 4.74 Å². The van der Waals surface area contributed by atoms with Gasteiger partial charge in [-0.2, -0.15) is 9.78 Å². The van der Waals surface area contributed by atoms with E-state index >= 15 is 0 Å². The van der Waals surface area contributed by atoms with Crippen molar-refractivity contribution in [3.63, 3.8) is 0 Å². The Balaban J connectivity index is 2.07. The highest BCUT2D eigenvalue weighted by atomic mass is 16.6. The Kier molecular flexibility index (Phi) is 4.30. The minimum Gasteiger partial charge on any atom is -0.488 e. The van der Waals surface area contributed by atoms with Crippen LogP contribution in [0.3, 0.4) is 0 Å². The smallest absolute Gasteiger partial charge is 0.201 e. The van der Waals surface area contributed by atoms with Crippen molar-refractivity contribution in [3.8, 4) is 5.75 Å². The van der Waals surface area contributed by atoms with E-state index in [4.69, 9.17) is 9.57 Å². The number of fused-ring (bicyclic) bond motifs is 1. The average Bonchev–Trinajstić information content (AvgIpc) is 3.01. The summed E-state index contributed by atoms with van der Waals surface area (Å²) in [4.78, 5) is 9.50. The van der Waals surface area contributed by atoms with Crippen molar-refractivity contribution in [2.45, 2.75) is 59.2 Å². The van der Waals surface area contributed by atoms with Crippen molar-refractivity contribution < 1.29 is 9.57 Å². The first-order chi connectivity index (χ1) is 11.4. The van der Waals surface area contributed by atoms with Crippen LogP contribution in [0.25, 0.3) is 0 Å². The van der Waals surface area contributed by atoms with E-state index in [0.717, 1.165) is 29.7 Å². The Morgan fingerprint density at radius 3 is 2.83 bits per heavy atom. The fourth-order valence-corrected chi connectivity index (χ4v) is 2.75. The summed E-state index contributed by atoms with van der Waals surface area (Å²) in [6.45, 7) is 10.2. The quantitative estimate of drug-likeness (QED) is 0.492. The molecule has 0 unspecified atom stereocenters. The molecule has 24 heavy (non-hydrogen) atoms. The van der Waals surface area contributed by atoms with Crippen LogP contribution in [0.1, 0.15) is 50.8 Å². The van der Waals surface area contributed by atoms with Gasteiger partial charge in [0.2, 0.25) is 5.84 Å². The van der Waals surface area contributed by atoms with Gasteiger partial charge >= 0.3 is 0 Å². The molecule has 6 nitrogen and oxygen atoms in total. The Hall–Kier alpha value is -2.37. The molecule has 0 saturated heterocycles. The van der Waals surface area contributed by atoms with Crippen molar-refractivity contribution in [2.24, 2.45) is 5.16 Å². The molecule has 0 radical (unpaired) electrons. The minimum absolute atomic E-state index is 0.0170. The third-order valence-corrected chi connectivity index (χ3v) is 4.02. The zero-order chi connectivity index (χ0) is 17.3. The molecule has 2 heterocycles. The number of hydrogen-bond acceptors (Lipinski definition) is 5. The van der Waals surface area contributed by atoms with Crippen LogP contribution in [-0.2, 0) is 11.3 Å². The van der Waals surface area contributed by atoms with Gasteiger partial charge in [-0.05, 0) is 64.7 Å². The molecular weight excluding hydrogens is 304 g/mol. The number of oxime groups is 1. The summed E-state index contributed by atoms with van der Waals surface area (Å²) in [5.41, 5.74) is 3.12. The van der Waals surface area contributed by atoms with E-state index in [-0.39, 0.29) is 11.7 Å². The van der Waals surface area contributed by atoms with Gasteiger partial charge in [0.25, 0.3) is 0 Å². The molecule has 128 valence electrons. The van der Waals surface area contributed by atoms with E-state index in [9.17, 15) is 0 Å². The maximum atomic E-state index is 6.17. The Labute approximate surface area is 142 Å². The fourth-order valence-electron chi connectivity index (χ4n) is 2.75. The van der Waals surface area contributed by atoms with E-state index in [1.807, 2.05) is 19.9 Å². The van der Waals surface area contributed by atoms with Gasteiger partial charge in [-0.3, -0.25) is 0 Å². The van der Waals surface area contributed by atoms with Gasteiger partial charge in [-0.1, -0.05) is 11.2 Å². The van der Waals surface area contributed by atoms with Gasteiger partial charge in [-0.15, -0.1) is 0 Å². The van der Waals surface area contributed by atoms with Crippen LogP contribution in [0.4, 0.5) is 0 Å². The van der Waals surface area contributed by atoms with Gasteiger partial charge in [0.1, 0.15) is 30.1 Å². The number of ether oxygens (including phenoxy) is 1. The molecule has 0 fully saturated rings. The predicted molar refractivity (Wildman–Crippen MR) is 92.4 cm³/mol. The van der Waals surface area contributed by atoms with Crippen LogP contribution in [0, 0.1) is 6.92 Å². The third-order valence-electron chi connectivity index (χ3n) is 4.02. The number of hydrogen-bond donors (Lipinski definition) is 0. The fraction of sp³-hybridized carbons (Fsp3) is 0.500. The SMILES string of the molecule is Cc1cc2c(cc1/C(=N/OC(C)C)n1cncn1)OC(C)(C)CC2. The van der Waals surface area contributed by atoms with E-state index in [1.165, 1.54) is 11.9 Å². The minimum atomic E-state index is -0.154. The lowest BCUT2D eigenvalue weighted by atomic mass is 9.92. The molecule has 0 N–H and O–H groups in total. The molecular formula is C18H24N4O2. The molecule has 0 spiro atoms. The van der Waals surface area contributed by atoms with Crippen LogP contribution in [0.2, 0.25) is 0 Å². The highest BCUT2D eigenvalue weighted by molar-refractivity contribution is 6.01. The first-order valence-corrected chi connectivity index (χ1v) is 8.27. The lowest BCUT2D eigenvalue weighted by Crippen LogP contribution is -2.33. The lowest BCUT2D eigenvalue weighted by Gasteiger charge is -2.33. The van der Waals surface area contributed by atoms with Gasteiger partial charge in [0.15, 0.2) is 0 Å². The normalized spacial score (nSPS) is 16.7. The largest absolute Gasteiger partial charge is 0.488 e. The molecule has 6 heteroatoms. The van der Waals surface area contributed by atoms with E-state index in [0.29, 0.717) is 5.84 Å². The van der Waals surface area contributed by atoms with E-state index in [2.05, 4.69) is 42.1 Å². The van der Waals surface area contributed by atoms with Crippen molar-refractivity contribution in [2.75, 3.05) is 0 Å². The second-order valence-electron chi connectivity index (χ2n) is 7.05. The van der Waals surface area contributed by atoms with Crippen molar-refractivity contribution in [1.82, 2.24) is 14.8 Å². The van der Waals surface area contributed by atoms with Crippen molar-refractivity contribution >= 4 is 5.84 Å². The van der Waals surface area contributed by atoms with Gasteiger partial charge in [0, 0.05) is 5.56 Å². The zero-order valence-electron chi connectivity index (χ0n) is 14.9. The summed E-state index contributed by atoms with van der Waals surface area (Å²) in [5.74, 6) is 1.51. The van der Waals surface area contributed by atoms with Crippen LogP contribution in [-0.4, -0.2) is 32.3 Å². The molecule has 0 bridgehead atoms. The molecule has 1 aliphatic rings. The summed E-state index contributed by atoms with van der Waals surface area (Å²) in [5, 5.41) is 8.51. The Morgan fingerprint density at radius 1 is 1.38 bits per heavy atom. The summed E-state index contributed by atoms with van der Waals surface area (Å²) < 4.78 is 7.78. The van der Waals surface area contributed by atoms with Crippen LogP contribution in [0.5, 0.6) is 5.75 Å². The van der Waals surface area contributed by atoms with Crippen molar-refractivity contribution in [1.29, 1.82) is 0 Å². The second-order valence-corrected chi connectivity index (χ2v) is 7.05. The summed E-state index contributed by atoms with van der Waals surface area (Å²) in [7, 11) is 0. The zero-order valence-corrected chi connectivity index (χ0v) is 14.9. The monoisotopic (exact) mass is 328 g/mol. The number of nitrogens with zero attached hydrogens (tertiary/aromatic N) is 4. The topological polar surface area (TPSA) is 61.5 Å². The molecule has 1 aromatic heterocycles. The molecule has 1 aromatic carbocycles. The maximum absolute atomic E-state index is 6.17. The first kappa shape index (κ1) is 16.5. The van der Waals surface area contributed by atoms with Crippen molar-refractivity contribution in [3.05, 3.63) is 41.5 Å². The highest BCUT2D eigenvalue weighted by Gasteiger charge is 2.28. The first-order valence-electron chi connectivity index (χ1n) is 8.27. The summed E-state index contributed by atoms with van der Waals surface area (Å²) in [6.07, 6.45) is 5.11. The van der Waals surface area contributed by atoms with Crippen LogP contribution in [0.15, 0.2) is 29.9 Å². The number of aromatic nitrogens is 3. The van der Waals surface area contributed by atoms with E-state index in [1.54, 1.807) is 11.0 Å². The highest BCUT2D eigenvalue weighted by Crippen LogP contribution is 2.35. The standard InChI is InChI=1S/C18H24N4O2/c1-12(2)24-21-17(22-11-19-10-20-22)15-9-16-14(8-13(15)3)6-7-18(4,5)23-16/h8-12H,6-7H2,1-5H3/b21-17-. The van der Waals surface area contributed by atoms with Gasteiger partial charge in [-0.25, -0.2) is 4.98 Å². The molecule has 3 rings (SSSR count). The molecule has 2 aromatic rings. The molecule has 0 aliphatic carbocycles. The maximum Gasteiger partial charge on any atom is 0.201 e. The average molecular weight is 328 g/mol. The molecule has 0 atom stereocenters. The lowest BCUT2D eigenvalue weighted by molar-refractivity contribution is 0.0840. The van der Waals surface area contributed by atoms with Gasteiger partial charge < -0.3 is 9.57 Å². The molecule has 1 aliphatic heterocycles. The summed E-state index contributed by atoms with van der Waals surface area (Å²) in [6, 6.07) is 4.21. The third kappa shape index (κ3) is 3.42.